The van der Waals surface area contributed by atoms with E-state index in [0.717, 1.165) is 0 Å². The quantitative estimate of drug-likeness (QED) is 0.351. The summed E-state index contributed by atoms with van der Waals surface area (Å²) in [4.78, 5) is 11.7. The van der Waals surface area contributed by atoms with Gasteiger partial charge in [0.05, 0.1) is 25.7 Å². The molecule has 0 bridgehead atoms. The van der Waals surface area contributed by atoms with Crippen LogP contribution in [0, 0.1) is 0 Å². The molecule has 0 aliphatic rings. The van der Waals surface area contributed by atoms with Crippen molar-refractivity contribution in [2.75, 3.05) is 6.16 Å². The number of hydrogen-bond donors (Lipinski definition) is 0. The van der Waals surface area contributed by atoms with E-state index in [-0.39, 0.29) is 50.3 Å². The molecule has 0 saturated heterocycles. The summed E-state index contributed by atoms with van der Waals surface area (Å²) in [6.07, 6.45) is 0.969. The molecular weight excluding hydrogens is 304 g/mol. The van der Waals surface area contributed by atoms with Crippen LogP contribution in [0.4, 0.5) is 0 Å². The van der Waals surface area contributed by atoms with E-state index in [0.29, 0.717) is 12.6 Å². The second-order valence-corrected chi connectivity index (χ2v) is 4.95. The van der Waals surface area contributed by atoms with Crippen molar-refractivity contribution in [1.29, 1.82) is 0 Å². The summed E-state index contributed by atoms with van der Waals surface area (Å²) in [7, 11) is 2.46. The fraction of sp³-hybridized carbons (Fsp3) is 0.222. The molecular formula is C9H7Cl4LiOP. The van der Waals surface area contributed by atoms with E-state index in [1.54, 1.807) is 0 Å². The third kappa shape index (κ3) is 3.79. The summed E-state index contributed by atoms with van der Waals surface area (Å²) < 4.78 is 0. The van der Waals surface area contributed by atoms with Crippen molar-refractivity contribution in [3.63, 3.8) is 0 Å². The third-order valence-corrected chi connectivity index (χ3v) is 3.63. The van der Waals surface area contributed by atoms with E-state index < -0.39 is 0 Å². The molecule has 1 nitrogen and oxygen atoms in total. The SMILES string of the molecule is O=C(CCP)c1c(Cl)c(Cl)cc(Cl)c1Cl.[Li]. The molecule has 0 N–H and O–H groups in total. The van der Waals surface area contributed by atoms with Crippen molar-refractivity contribution in [3.05, 3.63) is 31.7 Å². The number of carbonyl (C=O) groups excluding carboxylic acids is 1. The number of benzene rings is 1. The van der Waals surface area contributed by atoms with Crippen LogP contribution in [0.1, 0.15) is 16.8 Å². The minimum atomic E-state index is -0.163. The molecule has 0 spiro atoms. The van der Waals surface area contributed by atoms with Crippen LogP contribution in [-0.4, -0.2) is 30.8 Å². The minimum absolute atomic E-state index is 0. The first-order valence-corrected chi connectivity index (χ1v) is 6.38. The maximum Gasteiger partial charge on any atom is 0.166 e. The Bertz CT molecular complexity index is 385. The van der Waals surface area contributed by atoms with Crippen LogP contribution in [0.5, 0.6) is 0 Å². The van der Waals surface area contributed by atoms with E-state index >= 15 is 0 Å². The van der Waals surface area contributed by atoms with Gasteiger partial charge in [-0.25, -0.2) is 0 Å². The third-order valence-electron chi connectivity index (χ3n) is 1.76. The van der Waals surface area contributed by atoms with Crippen LogP contribution in [0.15, 0.2) is 6.07 Å². The molecule has 0 heterocycles. The van der Waals surface area contributed by atoms with Gasteiger partial charge in [0, 0.05) is 25.3 Å². The number of carbonyl (C=O) groups is 1. The largest absolute Gasteiger partial charge is 0.294 e. The zero-order valence-electron chi connectivity index (χ0n) is 8.49. The number of halogens is 4. The number of ketones is 1. The fourth-order valence-corrected chi connectivity index (χ4v) is 2.36. The molecule has 1 atom stereocenters. The predicted molar refractivity (Wildman–Crippen MR) is 75.8 cm³/mol. The van der Waals surface area contributed by atoms with Crippen LogP contribution in [0.25, 0.3) is 0 Å². The van der Waals surface area contributed by atoms with Crippen molar-refractivity contribution in [2.24, 2.45) is 0 Å². The topological polar surface area (TPSA) is 17.1 Å². The fourth-order valence-electron chi connectivity index (χ4n) is 1.07. The second-order valence-electron chi connectivity index (χ2n) is 2.81. The Morgan fingerprint density at radius 3 is 1.94 bits per heavy atom. The van der Waals surface area contributed by atoms with Gasteiger partial charge in [-0.2, -0.15) is 0 Å². The average molecular weight is 311 g/mol. The Morgan fingerprint density at radius 2 is 1.56 bits per heavy atom. The predicted octanol–water partition coefficient (Wildman–Crippen LogP) is 4.37. The Kier molecular flexibility index (Phi) is 8.00. The van der Waals surface area contributed by atoms with Gasteiger partial charge in [0.2, 0.25) is 0 Å². The molecule has 1 aromatic carbocycles. The summed E-state index contributed by atoms with van der Waals surface area (Å²) in [5.74, 6) is -0.163. The Morgan fingerprint density at radius 1 is 1.12 bits per heavy atom. The first-order chi connectivity index (χ1) is 6.99. The summed E-state index contributed by atoms with van der Waals surface area (Å²) in [6, 6.07) is 1.42. The molecule has 1 rings (SSSR count). The number of rotatable bonds is 3. The van der Waals surface area contributed by atoms with E-state index in [2.05, 4.69) is 9.24 Å². The van der Waals surface area contributed by atoms with Gasteiger partial charge in [-0.3, -0.25) is 4.79 Å². The Hall–Kier alpha value is 1.08. The van der Waals surface area contributed by atoms with Crippen molar-refractivity contribution in [2.45, 2.75) is 6.42 Å². The van der Waals surface area contributed by atoms with E-state index in [4.69, 9.17) is 46.4 Å². The molecule has 1 aromatic rings. The van der Waals surface area contributed by atoms with Gasteiger partial charge in [-0.15, -0.1) is 9.24 Å². The molecule has 1 unspecified atom stereocenters. The normalized spacial score (nSPS) is 9.81. The molecule has 83 valence electrons. The molecule has 0 saturated carbocycles. The minimum Gasteiger partial charge on any atom is -0.294 e. The Labute approximate surface area is 129 Å². The van der Waals surface area contributed by atoms with Gasteiger partial charge < -0.3 is 0 Å². The van der Waals surface area contributed by atoms with E-state index in [1.165, 1.54) is 6.07 Å². The molecule has 16 heavy (non-hydrogen) atoms. The summed E-state index contributed by atoms with van der Waals surface area (Å²) in [6.45, 7) is 0. The first kappa shape index (κ1) is 17.1. The standard InChI is InChI=1S/C9H7Cl4OP.Li/c10-4-3-5(11)9(13)7(8(4)12)6(14)1-2-15;/h3H,1-2,15H2;. The van der Waals surface area contributed by atoms with Crippen LogP contribution in [0.3, 0.4) is 0 Å². The van der Waals surface area contributed by atoms with Crippen LogP contribution >= 0.6 is 55.6 Å². The zero-order valence-corrected chi connectivity index (χ0v) is 12.7. The maximum atomic E-state index is 11.7. The molecule has 7 heteroatoms. The van der Waals surface area contributed by atoms with Gasteiger partial charge in [0.25, 0.3) is 0 Å². The van der Waals surface area contributed by atoms with Crippen molar-refractivity contribution in [1.82, 2.24) is 0 Å². The van der Waals surface area contributed by atoms with Gasteiger partial charge in [-0.1, -0.05) is 46.4 Å². The molecule has 0 aliphatic carbocycles. The molecule has 0 aromatic heterocycles. The summed E-state index contributed by atoms with van der Waals surface area (Å²) in [5, 5.41) is 0.792. The maximum absolute atomic E-state index is 11.7. The number of Topliss-reactive ketones (excluding diaryl/α,β-unsaturated/α-hetero) is 1. The first-order valence-electron chi connectivity index (χ1n) is 4.05. The number of hydrogen-bond acceptors (Lipinski definition) is 1. The van der Waals surface area contributed by atoms with Gasteiger partial charge >= 0.3 is 0 Å². The van der Waals surface area contributed by atoms with Crippen molar-refractivity contribution < 1.29 is 4.79 Å². The average Bonchev–Trinajstić information content (AvgIpc) is 2.16. The van der Waals surface area contributed by atoms with Crippen molar-refractivity contribution >= 4 is 80.3 Å². The van der Waals surface area contributed by atoms with Crippen molar-refractivity contribution in [3.8, 4) is 0 Å². The zero-order chi connectivity index (χ0) is 11.6. The molecule has 1 radical (unpaired) electrons. The van der Waals surface area contributed by atoms with E-state index in [9.17, 15) is 4.79 Å². The smallest absolute Gasteiger partial charge is 0.166 e. The Balaban J connectivity index is 0.00000225. The van der Waals surface area contributed by atoms with Gasteiger partial charge in [0.15, 0.2) is 5.78 Å². The van der Waals surface area contributed by atoms with Gasteiger partial charge in [0.1, 0.15) is 0 Å². The molecule has 0 aliphatic heterocycles. The summed E-state index contributed by atoms with van der Waals surface area (Å²) >= 11 is 23.4. The second kappa shape index (κ2) is 7.50. The van der Waals surface area contributed by atoms with Crippen LogP contribution < -0.4 is 0 Å². The van der Waals surface area contributed by atoms with Crippen LogP contribution in [-0.2, 0) is 0 Å². The van der Waals surface area contributed by atoms with Gasteiger partial charge in [-0.05, 0) is 12.2 Å². The monoisotopic (exact) mass is 309 g/mol. The summed E-state index contributed by atoms with van der Waals surface area (Å²) in [5.41, 5.74) is 0.207. The van der Waals surface area contributed by atoms with Crippen LogP contribution in [0.2, 0.25) is 20.1 Å². The molecule has 0 fully saturated rings. The molecule has 0 amide bonds. The van der Waals surface area contributed by atoms with E-state index in [1.807, 2.05) is 0 Å².